The second-order valence-corrected chi connectivity index (χ2v) is 5.82. The van der Waals surface area contributed by atoms with Crippen LogP contribution < -0.4 is 10.1 Å². The Kier molecular flexibility index (Phi) is 6.36. The Hall–Kier alpha value is -1.02. The molecule has 0 bridgehead atoms. The molecule has 0 spiro atoms. The molecular weight excluding hydrogens is 234 g/mol. The molecule has 0 saturated carbocycles. The summed E-state index contributed by atoms with van der Waals surface area (Å²) < 4.78 is 6.16. The van der Waals surface area contributed by atoms with Gasteiger partial charge in [0.1, 0.15) is 5.75 Å². The summed E-state index contributed by atoms with van der Waals surface area (Å²) in [5.41, 5.74) is 2.56. The second kappa shape index (κ2) is 7.54. The van der Waals surface area contributed by atoms with Gasteiger partial charge in [-0.05, 0) is 56.8 Å². The Morgan fingerprint density at radius 3 is 2.42 bits per heavy atom. The third kappa shape index (κ3) is 5.23. The van der Waals surface area contributed by atoms with Gasteiger partial charge in [-0.25, -0.2) is 0 Å². The molecule has 0 aromatic heterocycles. The van der Waals surface area contributed by atoms with Crippen molar-refractivity contribution in [1.29, 1.82) is 0 Å². The first-order valence-electron chi connectivity index (χ1n) is 7.44. The minimum absolute atomic E-state index is 0.230. The summed E-state index contributed by atoms with van der Waals surface area (Å²) in [5.74, 6) is 1.54. The Bertz CT molecular complexity index is 387. The summed E-state index contributed by atoms with van der Waals surface area (Å²) in [6, 6.07) is 7.00. The molecule has 0 aliphatic carbocycles. The van der Waals surface area contributed by atoms with E-state index >= 15 is 0 Å². The van der Waals surface area contributed by atoms with Crippen molar-refractivity contribution in [2.75, 3.05) is 6.54 Å². The zero-order chi connectivity index (χ0) is 14.4. The van der Waals surface area contributed by atoms with E-state index in [1.54, 1.807) is 0 Å². The van der Waals surface area contributed by atoms with Crippen molar-refractivity contribution in [3.63, 3.8) is 0 Å². The summed E-state index contributed by atoms with van der Waals surface area (Å²) in [4.78, 5) is 0. The smallest absolute Gasteiger partial charge is 0.123 e. The van der Waals surface area contributed by atoms with Crippen LogP contribution >= 0.6 is 0 Å². The van der Waals surface area contributed by atoms with Crippen molar-refractivity contribution in [2.24, 2.45) is 0 Å². The first-order chi connectivity index (χ1) is 8.93. The molecule has 0 radical (unpaired) electrons. The average Bonchev–Trinajstić information content (AvgIpc) is 2.28. The number of ether oxygens (including phenoxy) is 1. The zero-order valence-corrected chi connectivity index (χ0v) is 13.3. The van der Waals surface area contributed by atoms with Crippen molar-refractivity contribution in [2.45, 2.75) is 66.0 Å². The highest BCUT2D eigenvalue weighted by Gasteiger charge is 2.13. The fourth-order valence-electron chi connectivity index (χ4n) is 2.42. The maximum absolute atomic E-state index is 6.16. The highest BCUT2D eigenvalue weighted by molar-refractivity contribution is 5.39. The van der Waals surface area contributed by atoms with Crippen LogP contribution in [-0.4, -0.2) is 18.7 Å². The van der Waals surface area contributed by atoms with E-state index in [0.717, 1.165) is 18.7 Å². The first-order valence-corrected chi connectivity index (χ1v) is 7.44. The number of benzene rings is 1. The van der Waals surface area contributed by atoms with E-state index in [2.05, 4.69) is 65.1 Å². The predicted octanol–water partition coefficient (Wildman–Crippen LogP) is 4.27. The van der Waals surface area contributed by atoms with Gasteiger partial charge in [-0.1, -0.05) is 32.9 Å². The molecule has 2 heteroatoms. The van der Waals surface area contributed by atoms with E-state index in [1.807, 2.05) is 0 Å². The Labute approximate surface area is 118 Å². The third-order valence-corrected chi connectivity index (χ3v) is 3.36. The van der Waals surface area contributed by atoms with Crippen molar-refractivity contribution >= 4 is 0 Å². The fourth-order valence-corrected chi connectivity index (χ4v) is 2.42. The molecule has 0 fully saturated rings. The number of rotatable bonds is 7. The molecule has 1 rings (SSSR count). The van der Waals surface area contributed by atoms with E-state index in [0.29, 0.717) is 12.0 Å². The quantitative estimate of drug-likeness (QED) is 0.793. The van der Waals surface area contributed by atoms with E-state index in [-0.39, 0.29) is 6.10 Å². The van der Waals surface area contributed by atoms with Gasteiger partial charge in [-0.3, -0.25) is 0 Å². The molecule has 0 amide bonds. The van der Waals surface area contributed by atoms with Crippen molar-refractivity contribution in [3.05, 3.63) is 29.3 Å². The van der Waals surface area contributed by atoms with Gasteiger partial charge < -0.3 is 10.1 Å². The predicted molar refractivity (Wildman–Crippen MR) is 83.1 cm³/mol. The average molecular weight is 263 g/mol. The van der Waals surface area contributed by atoms with Gasteiger partial charge in [0.15, 0.2) is 0 Å². The SMILES string of the molecule is CCNC(C)CC(C)Oc1cc(C)ccc1C(C)C. The maximum Gasteiger partial charge on any atom is 0.123 e. The summed E-state index contributed by atoms with van der Waals surface area (Å²) >= 11 is 0. The molecule has 0 saturated heterocycles. The lowest BCUT2D eigenvalue weighted by Gasteiger charge is -2.22. The molecule has 0 heterocycles. The van der Waals surface area contributed by atoms with Gasteiger partial charge in [-0.15, -0.1) is 0 Å². The molecule has 2 atom stereocenters. The fraction of sp³-hybridized carbons (Fsp3) is 0.647. The number of hydrogen-bond donors (Lipinski definition) is 1. The van der Waals surface area contributed by atoms with Gasteiger partial charge in [0, 0.05) is 6.04 Å². The molecule has 2 unspecified atom stereocenters. The van der Waals surface area contributed by atoms with Crippen molar-refractivity contribution in [3.8, 4) is 5.75 Å². The summed E-state index contributed by atoms with van der Waals surface area (Å²) in [6.45, 7) is 14.0. The Balaban J connectivity index is 2.72. The van der Waals surface area contributed by atoms with Crippen LogP contribution in [0.1, 0.15) is 58.1 Å². The van der Waals surface area contributed by atoms with E-state index in [9.17, 15) is 0 Å². The lowest BCUT2D eigenvalue weighted by atomic mass is 10.0. The monoisotopic (exact) mass is 263 g/mol. The van der Waals surface area contributed by atoms with Gasteiger partial charge >= 0.3 is 0 Å². The molecule has 2 nitrogen and oxygen atoms in total. The van der Waals surface area contributed by atoms with Crippen LogP contribution in [0.15, 0.2) is 18.2 Å². The van der Waals surface area contributed by atoms with Gasteiger partial charge in [-0.2, -0.15) is 0 Å². The molecule has 108 valence electrons. The van der Waals surface area contributed by atoms with E-state index in [4.69, 9.17) is 4.74 Å². The van der Waals surface area contributed by atoms with Gasteiger partial charge in [0.25, 0.3) is 0 Å². The van der Waals surface area contributed by atoms with E-state index in [1.165, 1.54) is 11.1 Å². The molecule has 0 aliphatic rings. The van der Waals surface area contributed by atoms with Crippen LogP contribution in [0, 0.1) is 6.92 Å². The summed E-state index contributed by atoms with van der Waals surface area (Å²) in [7, 11) is 0. The minimum Gasteiger partial charge on any atom is -0.490 e. The molecule has 19 heavy (non-hydrogen) atoms. The zero-order valence-electron chi connectivity index (χ0n) is 13.3. The highest BCUT2D eigenvalue weighted by atomic mass is 16.5. The Morgan fingerprint density at radius 2 is 1.84 bits per heavy atom. The molecule has 1 aromatic rings. The molecule has 1 aromatic carbocycles. The van der Waals surface area contributed by atoms with E-state index < -0.39 is 0 Å². The summed E-state index contributed by atoms with van der Waals surface area (Å²) in [6.07, 6.45) is 1.26. The van der Waals surface area contributed by atoms with Crippen LogP contribution in [0.2, 0.25) is 0 Å². The lowest BCUT2D eigenvalue weighted by molar-refractivity contribution is 0.194. The third-order valence-electron chi connectivity index (χ3n) is 3.36. The lowest BCUT2D eigenvalue weighted by Crippen LogP contribution is -2.30. The second-order valence-electron chi connectivity index (χ2n) is 5.82. The molecule has 1 N–H and O–H groups in total. The minimum atomic E-state index is 0.230. The van der Waals surface area contributed by atoms with Crippen LogP contribution in [-0.2, 0) is 0 Å². The van der Waals surface area contributed by atoms with Crippen LogP contribution in [0.25, 0.3) is 0 Å². The van der Waals surface area contributed by atoms with Gasteiger partial charge in [0.2, 0.25) is 0 Å². The molecular formula is C17H29NO. The Morgan fingerprint density at radius 1 is 1.16 bits per heavy atom. The van der Waals surface area contributed by atoms with Crippen molar-refractivity contribution < 1.29 is 4.74 Å². The summed E-state index contributed by atoms with van der Waals surface area (Å²) in [5, 5.41) is 3.43. The standard InChI is InChI=1S/C17H29NO/c1-7-18-14(5)11-15(6)19-17-10-13(4)8-9-16(17)12(2)3/h8-10,12,14-15,18H,7,11H2,1-6H3. The van der Waals surface area contributed by atoms with Gasteiger partial charge in [0.05, 0.1) is 6.10 Å². The van der Waals surface area contributed by atoms with Crippen LogP contribution in [0.3, 0.4) is 0 Å². The normalized spacial score (nSPS) is 14.5. The number of aryl methyl sites for hydroxylation is 1. The van der Waals surface area contributed by atoms with Crippen LogP contribution in [0.4, 0.5) is 0 Å². The molecule has 0 aliphatic heterocycles. The number of nitrogens with one attached hydrogen (secondary N) is 1. The van der Waals surface area contributed by atoms with Crippen molar-refractivity contribution in [1.82, 2.24) is 5.32 Å². The highest BCUT2D eigenvalue weighted by Crippen LogP contribution is 2.28. The topological polar surface area (TPSA) is 21.3 Å². The first kappa shape index (κ1) is 16.0. The number of hydrogen-bond acceptors (Lipinski definition) is 2. The maximum atomic E-state index is 6.16. The largest absolute Gasteiger partial charge is 0.490 e. The van der Waals surface area contributed by atoms with Crippen LogP contribution in [0.5, 0.6) is 5.75 Å².